The Morgan fingerprint density at radius 3 is 2.20 bits per heavy atom. The summed E-state index contributed by atoms with van der Waals surface area (Å²) in [6.07, 6.45) is 0. The van der Waals surface area contributed by atoms with Gasteiger partial charge < -0.3 is 24.6 Å². The fourth-order valence-electron chi connectivity index (χ4n) is 1.83. The molecule has 1 aromatic carbocycles. The molecule has 0 fully saturated rings. The van der Waals surface area contributed by atoms with Crippen LogP contribution in [0.15, 0.2) is 12.1 Å². The molecule has 0 aliphatic rings. The molecule has 0 spiro atoms. The third kappa shape index (κ3) is 4.90. The first kappa shape index (κ1) is 16.6. The lowest BCUT2D eigenvalue weighted by Crippen LogP contribution is -2.19. The second-order valence-electron chi connectivity index (χ2n) is 4.93. The number of ether oxygens (including phenoxy) is 3. The molecule has 0 saturated carbocycles. The Kier molecular flexibility index (Phi) is 7.18. The number of hydrogen-bond acceptors (Lipinski definition) is 5. The Bertz CT molecular complexity index is 382. The van der Waals surface area contributed by atoms with Gasteiger partial charge in [-0.15, -0.1) is 0 Å². The smallest absolute Gasteiger partial charge is 0.203 e. The number of aliphatic hydroxyl groups is 1. The zero-order valence-corrected chi connectivity index (χ0v) is 12.7. The molecule has 1 aromatic rings. The quantitative estimate of drug-likeness (QED) is 0.724. The van der Waals surface area contributed by atoms with Crippen molar-refractivity contribution in [1.82, 2.24) is 5.32 Å². The Morgan fingerprint density at radius 1 is 1.15 bits per heavy atom. The van der Waals surface area contributed by atoms with E-state index in [0.29, 0.717) is 23.2 Å². The first-order valence-corrected chi connectivity index (χ1v) is 6.81. The van der Waals surface area contributed by atoms with E-state index in [4.69, 9.17) is 19.3 Å². The molecule has 0 amide bonds. The molecule has 114 valence electrons. The highest BCUT2D eigenvalue weighted by molar-refractivity contribution is 5.53. The molecule has 0 aliphatic carbocycles. The number of hydrogen-bond donors (Lipinski definition) is 2. The topological polar surface area (TPSA) is 60.0 Å². The second kappa shape index (κ2) is 8.66. The van der Waals surface area contributed by atoms with E-state index in [1.165, 1.54) is 0 Å². The maximum Gasteiger partial charge on any atom is 0.203 e. The van der Waals surface area contributed by atoms with E-state index in [1.54, 1.807) is 14.2 Å². The highest BCUT2D eigenvalue weighted by Gasteiger charge is 2.14. The Morgan fingerprint density at radius 2 is 1.75 bits per heavy atom. The summed E-state index contributed by atoms with van der Waals surface area (Å²) in [6.45, 7) is 6.18. The fourth-order valence-corrected chi connectivity index (χ4v) is 1.83. The molecule has 0 bridgehead atoms. The predicted octanol–water partition coefficient (Wildman–Crippen LogP) is 1.82. The third-order valence-corrected chi connectivity index (χ3v) is 2.74. The van der Waals surface area contributed by atoms with E-state index in [-0.39, 0.29) is 13.2 Å². The van der Waals surface area contributed by atoms with Crippen molar-refractivity contribution >= 4 is 0 Å². The maximum atomic E-state index is 8.86. The van der Waals surface area contributed by atoms with E-state index >= 15 is 0 Å². The van der Waals surface area contributed by atoms with Gasteiger partial charge in [0.05, 0.1) is 20.8 Å². The lowest BCUT2D eigenvalue weighted by Gasteiger charge is -2.16. The van der Waals surface area contributed by atoms with Crippen molar-refractivity contribution in [3.8, 4) is 17.2 Å². The molecule has 2 N–H and O–H groups in total. The van der Waals surface area contributed by atoms with Gasteiger partial charge in [0, 0.05) is 6.54 Å². The standard InChI is InChI=1S/C15H25NO4/c1-11(2)9-16-10-12-7-13(18-3)15(20-6-5-17)14(8-12)19-4/h7-8,11,16-17H,5-6,9-10H2,1-4H3. The van der Waals surface area contributed by atoms with Gasteiger partial charge in [0.25, 0.3) is 0 Å². The Labute approximate surface area is 120 Å². The van der Waals surface area contributed by atoms with Gasteiger partial charge in [0.15, 0.2) is 11.5 Å². The van der Waals surface area contributed by atoms with E-state index in [0.717, 1.165) is 18.7 Å². The molecule has 0 unspecified atom stereocenters. The minimum Gasteiger partial charge on any atom is -0.493 e. The highest BCUT2D eigenvalue weighted by atomic mass is 16.5. The van der Waals surface area contributed by atoms with Crippen LogP contribution in [0.1, 0.15) is 19.4 Å². The first-order valence-electron chi connectivity index (χ1n) is 6.81. The number of benzene rings is 1. The largest absolute Gasteiger partial charge is 0.493 e. The molecule has 5 nitrogen and oxygen atoms in total. The van der Waals surface area contributed by atoms with Crippen molar-refractivity contribution in [2.75, 3.05) is 34.0 Å². The summed E-state index contributed by atoms with van der Waals surface area (Å²) in [5, 5.41) is 12.2. The van der Waals surface area contributed by atoms with Gasteiger partial charge in [-0.1, -0.05) is 13.8 Å². The molecule has 0 aliphatic heterocycles. The van der Waals surface area contributed by atoms with Gasteiger partial charge >= 0.3 is 0 Å². The van der Waals surface area contributed by atoms with Crippen molar-refractivity contribution in [3.63, 3.8) is 0 Å². The minimum atomic E-state index is -0.0516. The summed E-state index contributed by atoms with van der Waals surface area (Å²) >= 11 is 0. The molecule has 0 atom stereocenters. The number of aliphatic hydroxyl groups excluding tert-OH is 1. The SMILES string of the molecule is COc1cc(CNCC(C)C)cc(OC)c1OCCO. The minimum absolute atomic E-state index is 0.0516. The van der Waals surface area contributed by atoms with Crippen molar-refractivity contribution in [1.29, 1.82) is 0 Å². The molecule has 0 radical (unpaired) electrons. The van der Waals surface area contributed by atoms with Crippen molar-refractivity contribution < 1.29 is 19.3 Å². The summed E-state index contributed by atoms with van der Waals surface area (Å²) < 4.78 is 16.2. The number of nitrogens with one attached hydrogen (secondary N) is 1. The van der Waals surface area contributed by atoms with Gasteiger partial charge in [-0.05, 0) is 30.2 Å². The average Bonchev–Trinajstić information content (AvgIpc) is 2.44. The zero-order chi connectivity index (χ0) is 15.0. The van der Waals surface area contributed by atoms with Crippen LogP contribution in [0.4, 0.5) is 0 Å². The number of rotatable bonds is 9. The van der Waals surface area contributed by atoms with E-state index in [1.807, 2.05) is 12.1 Å². The van der Waals surface area contributed by atoms with Crippen LogP contribution in [0.5, 0.6) is 17.2 Å². The van der Waals surface area contributed by atoms with Crippen LogP contribution in [-0.4, -0.2) is 39.1 Å². The van der Waals surface area contributed by atoms with Gasteiger partial charge in [0.1, 0.15) is 6.61 Å². The van der Waals surface area contributed by atoms with Crippen LogP contribution < -0.4 is 19.5 Å². The molecule has 0 aromatic heterocycles. The summed E-state index contributed by atoms with van der Waals surface area (Å²) in [7, 11) is 3.18. The van der Waals surface area contributed by atoms with Crippen molar-refractivity contribution in [2.45, 2.75) is 20.4 Å². The van der Waals surface area contributed by atoms with Gasteiger partial charge in [-0.25, -0.2) is 0 Å². The van der Waals surface area contributed by atoms with E-state index in [9.17, 15) is 0 Å². The van der Waals surface area contributed by atoms with Crippen molar-refractivity contribution in [2.24, 2.45) is 5.92 Å². The van der Waals surface area contributed by atoms with Gasteiger partial charge in [-0.2, -0.15) is 0 Å². The number of methoxy groups -OCH3 is 2. The van der Waals surface area contributed by atoms with Crippen LogP contribution >= 0.6 is 0 Å². The normalized spacial score (nSPS) is 10.7. The Hall–Kier alpha value is -1.46. The molecule has 0 heterocycles. The third-order valence-electron chi connectivity index (χ3n) is 2.74. The predicted molar refractivity (Wildman–Crippen MR) is 78.7 cm³/mol. The van der Waals surface area contributed by atoms with Crippen LogP contribution in [0.2, 0.25) is 0 Å². The molecular weight excluding hydrogens is 258 g/mol. The van der Waals surface area contributed by atoms with E-state index in [2.05, 4.69) is 19.2 Å². The summed E-state index contributed by atoms with van der Waals surface area (Å²) in [5.41, 5.74) is 1.07. The molecule has 0 saturated heterocycles. The maximum absolute atomic E-state index is 8.86. The lowest BCUT2D eigenvalue weighted by atomic mass is 10.1. The molecule has 20 heavy (non-hydrogen) atoms. The zero-order valence-electron chi connectivity index (χ0n) is 12.7. The average molecular weight is 283 g/mol. The van der Waals surface area contributed by atoms with Crippen LogP contribution in [0.25, 0.3) is 0 Å². The van der Waals surface area contributed by atoms with Gasteiger partial charge in [-0.3, -0.25) is 0 Å². The Balaban J connectivity index is 2.87. The van der Waals surface area contributed by atoms with Crippen molar-refractivity contribution in [3.05, 3.63) is 17.7 Å². The summed E-state index contributed by atoms with van der Waals surface area (Å²) in [5.74, 6) is 2.35. The molecular formula is C15H25NO4. The molecule has 5 heteroatoms. The van der Waals surface area contributed by atoms with Crippen LogP contribution in [0, 0.1) is 5.92 Å². The molecule has 1 rings (SSSR count). The second-order valence-corrected chi connectivity index (χ2v) is 4.93. The highest BCUT2D eigenvalue weighted by Crippen LogP contribution is 2.38. The fraction of sp³-hybridized carbons (Fsp3) is 0.600. The van der Waals surface area contributed by atoms with Crippen LogP contribution in [0.3, 0.4) is 0 Å². The summed E-state index contributed by atoms with van der Waals surface area (Å²) in [6, 6.07) is 3.84. The van der Waals surface area contributed by atoms with E-state index < -0.39 is 0 Å². The summed E-state index contributed by atoms with van der Waals surface area (Å²) in [4.78, 5) is 0. The van der Waals surface area contributed by atoms with Gasteiger partial charge in [0.2, 0.25) is 5.75 Å². The first-order chi connectivity index (χ1) is 9.62. The van der Waals surface area contributed by atoms with Crippen LogP contribution in [-0.2, 0) is 6.54 Å². The lowest BCUT2D eigenvalue weighted by molar-refractivity contribution is 0.191. The monoisotopic (exact) mass is 283 g/mol.